The number of nitrogens with two attached hydrogens (primary N) is 1. The van der Waals surface area contributed by atoms with Crippen LogP contribution in [0.3, 0.4) is 0 Å². The minimum absolute atomic E-state index is 0.0428. The quantitative estimate of drug-likeness (QED) is 0.394. The first kappa shape index (κ1) is 15.1. The number of amidine groups is 1. The predicted octanol–water partition coefficient (Wildman–Crippen LogP) is 3.03. The molecule has 110 valence electrons. The van der Waals surface area contributed by atoms with Crippen LogP contribution in [0.4, 0.5) is 0 Å². The number of aromatic nitrogens is 1. The summed E-state index contributed by atoms with van der Waals surface area (Å²) >= 11 is 6.00. The molecule has 0 aliphatic heterocycles. The lowest BCUT2D eigenvalue weighted by atomic mass is 10.1. The highest BCUT2D eigenvalue weighted by molar-refractivity contribution is 6.30. The van der Waals surface area contributed by atoms with E-state index in [0.29, 0.717) is 10.7 Å². The third-order valence-electron chi connectivity index (χ3n) is 3.04. The monoisotopic (exact) mass is 305 g/mol. The van der Waals surface area contributed by atoms with Crippen molar-refractivity contribution in [3.63, 3.8) is 0 Å². The van der Waals surface area contributed by atoms with Gasteiger partial charge in [0.25, 0.3) is 0 Å². The normalized spacial score (nSPS) is 11.5. The molecular weight excluding hydrogens is 290 g/mol. The van der Waals surface area contributed by atoms with E-state index in [2.05, 4.69) is 10.1 Å². The minimum Gasteiger partial charge on any atom is -0.488 e. The Bertz CT molecular complexity index is 663. The van der Waals surface area contributed by atoms with Crippen LogP contribution in [0.2, 0.25) is 5.02 Å². The van der Waals surface area contributed by atoms with Crippen molar-refractivity contribution in [2.75, 3.05) is 0 Å². The van der Waals surface area contributed by atoms with Gasteiger partial charge in [-0.25, -0.2) is 0 Å². The average Bonchev–Trinajstić information content (AvgIpc) is 2.45. The number of benzene rings is 1. The van der Waals surface area contributed by atoms with E-state index in [1.165, 1.54) is 0 Å². The Hall–Kier alpha value is -2.27. The Balaban J connectivity index is 2.26. The van der Waals surface area contributed by atoms with Crippen molar-refractivity contribution in [3.05, 3.63) is 57.9 Å². The maximum absolute atomic E-state index is 8.78. The minimum atomic E-state index is -0.0428. The van der Waals surface area contributed by atoms with Gasteiger partial charge < -0.3 is 15.7 Å². The van der Waals surface area contributed by atoms with Gasteiger partial charge in [0.05, 0.1) is 0 Å². The third kappa shape index (κ3) is 3.44. The maximum Gasteiger partial charge on any atom is 0.189 e. The molecule has 2 rings (SSSR count). The van der Waals surface area contributed by atoms with Crippen molar-refractivity contribution in [2.24, 2.45) is 10.9 Å². The van der Waals surface area contributed by atoms with Gasteiger partial charge in [0.1, 0.15) is 18.1 Å². The summed E-state index contributed by atoms with van der Waals surface area (Å²) in [5, 5.41) is 12.4. The summed E-state index contributed by atoms with van der Waals surface area (Å²) in [7, 11) is 0. The van der Waals surface area contributed by atoms with Crippen LogP contribution in [0, 0.1) is 13.8 Å². The van der Waals surface area contributed by atoms with Gasteiger partial charge in [-0.3, -0.25) is 4.98 Å². The number of aryl methyl sites for hydroxylation is 2. The molecule has 0 saturated heterocycles. The number of hydrogen-bond acceptors (Lipinski definition) is 4. The van der Waals surface area contributed by atoms with Crippen LogP contribution >= 0.6 is 11.6 Å². The molecule has 0 bridgehead atoms. The molecule has 6 heteroatoms. The summed E-state index contributed by atoms with van der Waals surface area (Å²) in [6.07, 6.45) is 1.58. The van der Waals surface area contributed by atoms with Crippen molar-refractivity contribution in [1.82, 2.24) is 4.98 Å². The second-order valence-electron chi connectivity index (χ2n) is 4.65. The molecule has 1 aromatic carbocycles. The standard InChI is InChI=1S/C15H16ClN3O2/c1-9-6-12(16)7-10(2)14(9)21-8-11-4-3-5-18-13(11)15(17)19-20/h3-7,20H,8H2,1-2H3,(H2,17,19). The number of pyridine rings is 1. The fraction of sp³-hybridized carbons (Fsp3) is 0.200. The summed E-state index contributed by atoms with van der Waals surface area (Å²) in [4.78, 5) is 4.10. The first-order valence-corrected chi connectivity index (χ1v) is 6.72. The Morgan fingerprint density at radius 2 is 2.05 bits per heavy atom. The average molecular weight is 306 g/mol. The summed E-state index contributed by atoms with van der Waals surface area (Å²) in [6.45, 7) is 4.13. The van der Waals surface area contributed by atoms with Crippen LogP contribution < -0.4 is 10.5 Å². The highest BCUT2D eigenvalue weighted by Gasteiger charge is 2.11. The molecule has 21 heavy (non-hydrogen) atoms. The highest BCUT2D eigenvalue weighted by atomic mass is 35.5. The molecule has 0 fully saturated rings. The summed E-state index contributed by atoms with van der Waals surface area (Å²) in [5.74, 6) is 0.729. The van der Waals surface area contributed by atoms with Gasteiger partial charge in [0.15, 0.2) is 5.84 Å². The molecule has 0 radical (unpaired) electrons. The number of ether oxygens (including phenoxy) is 1. The van der Waals surface area contributed by atoms with Crippen LogP contribution in [-0.4, -0.2) is 16.0 Å². The molecule has 0 unspecified atom stereocenters. The lowest BCUT2D eigenvalue weighted by Gasteiger charge is -2.14. The van der Waals surface area contributed by atoms with Gasteiger partial charge >= 0.3 is 0 Å². The van der Waals surface area contributed by atoms with Crippen molar-refractivity contribution < 1.29 is 9.94 Å². The lowest BCUT2D eigenvalue weighted by Crippen LogP contribution is -2.18. The predicted molar refractivity (Wildman–Crippen MR) is 82.0 cm³/mol. The van der Waals surface area contributed by atoms with E-state index in [1.54, 1.807) is 12.3 Å². The van der Waals surface area contributed by atoms with Crippen LogP contribution in [0.1, 0.15) is 22.4 Å². The van der Waals surface area contributed by atoms with Gasteiger partial charge in [0, 0.05) is 16.8 Å². The SMILES string of the molecule is Cc1cc(Cl)cc(C)c1OCc1cccnc1C(N)=NO. The highest BCUT2D eigenvalue weighted by Crippen LogP contribution is 2.27. The van der Waals surface area contributed by atoms with Gasteiger partial charge in [-0.15, -0.1) is 0 Å². The number of hydrogen-bond donors (Lipinski definition) is 2. The molecule has 0 atom stereocenters. The van der Waals surface area contributed by atoms with E-state index >= 15 is 0 Å². The second-order valence-corrected chi connectivity index (χ2v) is 5.09. The molecule has 3 N–H and O–H groups in total. The number of halogens is 1. The largest absolute Gasteiger partial charge is 0.488 e. The maximum atomic E-state index is 8.78. The van der Waals surface area contributed by atoms with Gasteiger partial charge in [-0.2, -0.15) is 0 Å². The summed E-state index contributed by atoms with van der Waals surface area (Å²) in [5.41, 5.74) is 8.66. The zero-order valence-electron chi connectivity index (χ0n) is 11.8. The van der Waals surface area contributed by atoms with Crippen LogP contribution in [0.5, 0.6) is 5.75 Å². The third-order valence-corrected chi connectivity index (χ3v) is 3.26. The number of oxime groups is 1. The van der Waals surface area contributed by atoms with Crippen molar-refractivity contribution in [2.45, 2.75) is 20.5 Å². The fourth-order valence-corrected chi connectivity index (χ4v) is 2.44. The lowest BCUT2D eigenvalue weighted by molar-refractivity contribution is 0.300. The molecule has 0 aliphatic rings. The Kier molecular flexibility index (Phi) is 4.65. The smallest absolute Gasteiger partial charge is 0.189 e. The van der Waals surface area contributed by atoms with E-state index in [9.17, 15) is 0 Å². The zero-order chi connectivity index (χ0) is 15.4. The van der Waals surface area contributed by atoms with Crippen molar-refractivity contribution >= 4 is 17.4 Å². The fourth-order valence-electron chi connectivity index (χ4n) is 2.11. The van der Waals surface area contributed by atoms with E-state index in [1.807, 2.05) is 32.0 Å². The van der Waals surface area contributed by atoms with Gasteiger partial charge in [0.2, 0.25) is 0 Å². The van der Waals surface area contributed by atoms with Gasteiger partial charge in [-0.1, -0.05) is 22.8 Å². The van der Waals surface area contributed by atoms with Gasteiger partial charge in [-0.05, 0) is 43.2 Å². The van der Waals surface area contributed by atoms with Crippen molar-refractivity contribution in [3.8, 4) is 5.75 Å². The van der Waals surface area contributed by atoms with E-state index in [-0.39, 0.29) is 12.4 Å². The van der Waals surface area contributed by atoms with Crippen molar-refractivity contribution in [1.29, 1.82) is 0 Å². The molecule has 5 nitrogen and oxygen atoms in total. The van der Waals surface area contributed by atoms with E-state index in [4.69, 9.17) is 27.3 Å². The molecule has 0 saturated carbocycles. The number of rotatable bonds is 4. The first-order valence-electron chi connectivity index (χ1n) is 6.34. The topological polar surface area (TPSA) is 80.7 Å². The first-order chi connectivity index (χ1) is 10.0. The Morgan fingerprint density at radius 1 is 1.38 bits per heavy atom. The summed E-state index contributed by atoms with van der Waals surface area (Å²) in [6, 6.07) is 7.28. The van der Waals surface area contributed by atoms with Crippen LogP contribution in [-0.2, 0) is 6.61 Å². The molecule has 0 amide bonds. The molecular formula is C15H16ClN3O2. The summed E-state index contributed by atoms with van der Waals surface area (Å²) < 4.78 is 5.85. The molecule has 0 aliphatic carbocycles. The molecule has 0 spiro atoms. The Labute approximate surface area is 128 Å². The zero-order valence-corrected chi connectivity index (χ0v) is 12.6. The van der Waals surface area contributed by atoms with E-state index in [0.717, 1.165) is 22.4 Å². The van der Waals surface area contributed by atoms with Crippen LogP contribution in [0.25, 0.3) is 0 Å². The second kappa shape index (κ2) is 6.45. The molecule has 1 aromatic heterocycles. The van der Waals surface area contributed by atoms with E-state index < -0.39 is 0 Å². The molecule has 2 aromatic rings. The van der Waals surface area contributed by atoms with Crippen LogP contribution in [0.15, 0.2) is 35.6 Å². The number of nitrogens with zero attached hydrogens (tertiary/aromatic N) is 2. The molecule has 1 heterocycles. The Morgan fingerprint density at radius 3 is 2.67 bits per heavy atom.